The number of carbonyl (C=O) groups is 2. The fourth-order valence-electron chi connectivity index (χ4n) is 15.6. The minimum Gasteiger partial charge on any atom is -0.310 e. The maximum atomic E-state index is 16.5. The quantitative estimate of drug-likeness (QED) is 0.0408. The Bertz CT molecular complexity index is 3230. The molecule has 6 nitrogen and oxygen atoms in total. The number of thiazole rings is 1. The van der Waals surface area contributed by atoms with Crippen LogP contribution in [-0.4, -0.2) is 72.8 Å². The van der Waals surface area contributed by atoms with Crippen LogP contribution in [0.25, 0.3) is 35.1 Å². The molecule has 98 heavy (non-hydrogen) atoms. The number of carbonyl (C=O) groups excluding carboxylic acids is 2. The van der Waals surface area contributed by atoms with Gasteiger partial charge in [-0.1, -0.05) is 295 Å². The van der Waals surface area contributed by atoms with E-state index >= 15 is 9.59 Å². The van der Waals surface area contributed by atoms with E-state index in [0.717, 1.165) is 69.7 Å². The normalized spacial score (nSPS) is 19.3. The number of aromatic nitrogens is 1. The molecule has 10 heterocycles. The van der Waals surface area contributed by atoms with Crippen LogP contribution in [0.5, 0.6) is 0 Å². The van der Waals surface area contributed by atoms with Gasteiger partial charge < -0.3 is 9.80 Å². The summed E-state index contributed by atoms with van der Waals surface area (Å²) >= 11 is 15.2. The average molecular weight is 1480 g/mol. The highest BCUT2D eigenvalue weighted by Gasteiger charge is 2.52. The van der Waals surface area contributed by atoms with Gasteiger partial charge in [0.15, 0.2) is 0 Å². The third-order valence-electron chi connectivity index (χ3n) is 21.3. The van der Waals surface area contributed by atoms with Gasteiger partial charge in [0.05, 0.1) is 44.1 Å². The summed E-state index contributed by atoms with van der Waals surface area (Å²) in [6, 6.07) is 13.4. The molecule has 10 rings (SSSR count). The van der Waals surface area contributed by atoms with Gasteiger partial charge >= 0.3 is 0 Å². The molecule has 6 aliphatic heterocycles. The molecule has 14 heteroatoms. The Morgan fingerprint density at radius 1 is 0.449 bits per heavy atom. The Labute approximate surface area is 627 Å². The van der Waals surface area contributed by atoms with Gasteiger partial charge in [0.2, 0.25) is 0 Å². The predicted molar refractivity (Wildman–Crippen MR) is 441 cm³/mol. The molecule has 0 spiro atoms. The number of amides is 2. The van der Waals surface area contributed by atoms with E-state index in [1.807, 2.05) is 52.8 Å². The lowest BCUT2D eigenvalue weighted by Crippen LogP contribution is -2.38. The van der Waals surface area contributed by atoms with E-state index in [9.17, 15) is 0 Å². The van der Waals surface area contributed by atoms with Crippen LogP contribution in [0.15, 0.2) is 103 Å². The Balaban J connectivity index is 0.955. The summed E-state index contributed by atoms with van der Waals surface area (Å²) in [5.41, 5.74) is 3.14. The summed E-state index contributed by atoms with van der Waals surface area (Å²) in [7, 11) is 0. The second-order valence-corrected chi connectivity index (χ2v) is 38.3. The molecule has 0 fully saturated rings. The maximum absolute atomic E-state index is 16.5. The number of rotatable bonds is 52. The van der Waals surface area contributed by atoms with Crippen molar-refractivity contribution < 1.29 is 9.59 Å². The van der Waals surface area contributed by atoms with E-state index in [4.69, 9.17) is 9.98 Å². The van der Waals surface area contributed by atoms with E-state index in [-0.39, 0.29) is 17.1 Å². The molecule has 0 radical (unpaired) electrons. The van der Waals surface area contributed by atoms with Crippen molar-refractivity contribution in [2.75, 3.05) is 25.4 Å². The van der Waals surface area contributed by atoms with Crippen molar-refractivity contribution in [3.8, 4) is 29.4 Å². The third-order valence-corrected chi connectivity index (χ3v) is 31.6. The SMILES string of the molecule is CCCCCCCCCCCCC(CCCCCCCCCC)CN1C(=O)C2=C(C3CN=C(C4=CCC(C5CC=C(C6=CCCS6)S5)S4)S3)N(CC(CCCCCCCCCC)CCCCCCCCCCCC)C(=O)C2=C1c1cnc(-c2ccc(-c3ccc(-c4cccs4)s3)s2)s1. The first-order chi connectivity index (χ1) is 48.3. The van der Waals surface area contributed by atoms with E-state index in [1.54, 1.807) is 34.0 Å². The van der Waals surface area contributed by atoms with Gasteiger partial charge in [0.1, 0.15) is 10.1 Å². The van der Waals surface area contributed by atoms with Crippen LogP contribution in [0.2, 0.25) is 0 Å². The first-order valence-corrected chi connectivity index (χ1v) is 46.9. The molecule has 4 aromatic rings. The molecule has 6 aliphatic rings. The number of nitrogens with zero attached hydrogens (tertiary/aromatic N) is 4. The summed E-state index contributed by atoms with van der Waals surface area (Å²) in [6.45, 7) is 11.2. The van der Waals surface area contributed by atoms with Gasteiger partial charge in [-0.25, -0.2) is 4.98 Å². The van der Waals surface area contributed by atoms with E-state index in [2.05, 4.69) is 109 Å². The van der Waals surface area contributed by atoms with Crippen LogP contribution in [0.3, 0.4) is 0 Å². The summed E-state index contributed by atoms with van der Waals surface area (Å²) in [5, 5.41) is 5.19. The molecular formula is C84H122N4O2S8. The number of fused-ring (bicyclic) bond motifs is 1. The molecule has 5 unspecified atom stereocenters. The number of aliphatic imine (C=N–C) groups is 1. The topological polar surface area (TPSA) is 65.9 Å². The van der Waals surface area contributed by atoms with Crippen LogP contribution < -0.4 is 0 Å². The molecule has 538 valence electrons. The van der Waals surface area contributed by atoms with Crippen molar-refractivity contribution in [2.45, 2.75) is 320 Å². The number of thioether (sulfide) groups is 4. The van der Waals surface area contributed by atoms with Crippen molar-refractivity contribution in [2.24, 2.45) is 16.8 Å². The highest BCUT2D eigenvalue weighted by atomic mass is 32.2. The molecule has 0 saturated heterocycles. The lowest BCUT2D eigenvalue weighted by molar-refractivity contribution is -0.125. The first kappa shape index (κ1) is 78.0. The second-order valence-electron chi connectivity index (χ2n) is 29.2. The van der Waals surface area contributed by atoms with Crippen LogP contribution in [-0.2, 0) is 9.59 Å². The molecule has 0 saturated carbocycles. The number of hydrogen-bond acceptors (Lipinski definition) is 12. The Morgan fingerprint density at radius 3 is 1.39 bits per heavy atom. The molecule has 0 aliphatic carbocycles. The van der Waals surface area contributed by atoms with Crippen LogP contribution >= 0.6 is 92.4 Å². The predicted octanol–water partition coefficient (Wildman–Crippen LogP) is 28.2. The van der Waals surface area contributed by atoms with Gasteiger partial charge in [-0.3, -0.25) is 14.6 Å². The lowest BCUT2D eigenvalue weighted by atomic mass is 9.93. The minimum atomic E-state index is -0.118. The summed E-state index contributed by atoms with van der Waals surface area (Å²) in [4.78, 5) is 59.7. The first-order valence-electron chi connectivity index (χ1n) is 40.0. The average Bonchev–Trinajstić information content (AvgIpc) is 1.55. The van der Waals surface area contributed by atoms with Gasteiger partial charge in [0, 0.05) is 69.8 Å². The molecule has 5 atom stereocenters. The lowest BCUT2D eigenvalue weighted by Gasteiger charge is -2.31. The van der Waals surface area contributed by atoms with Crippen molar-refractivity contribution >= 4 is 115 Å². The number of allylic oxidation sites excluding steroid dienone is 3. The molecule has 0 N–H and O–H groups in total. The van der Waals surface area contributed by atoms with Crippen LogP contribution in [0.1, 0.15) is 309 Å². The van der Waals surface area contributed by atoms with Crippen molar-refractivity contribution in [3.05, 3.63) is 103 Å². The van der Waals surface area contributed by atoms with Crippen molar-refractivity contribution in [1.29, 1.82) is 0 Å². The molecular weight excluding hydrogens is 1350 g/mol. The van der Waals surface area contributed by atoms with Crippen molar-refractivity contribution in [3.63, 3.8) is 0 Å². The third kappa shape index (κ3) is 23.2. The largest absolute Gasteiger partial charge is 0.310 e. The van der Waals surface area contributed by atoms with Crippen LogP contribution in [0.4, 0.5) is 0 Å². The number of hydrogen-bond donors (Lipinski definition) is 0. The summed E-state index contributed by atoms with van der Waals surface area (Å²) < 4.78 is 0. The summed E-state index contributed by atoms with van der Waals surface area (Å²) in [6.07, 6.45) is 64.4. The van der Waals surface area contributed by atoms with Gasteiger partial charge in [-0.15, -0.1) is 80.6 Å². The second kappa shape index (κ2) is 43.7. The van der Waals surface area contributed by atoms with E-state index in [0.29, 0.717) is 53.1 Å². The van der Waals surface area contributed by atoms with E-state index in [1.165, 1.54) is 278 Å². The fourth-order valence-corrected chi connectivity index (χ4v) is 24.8. The molecule has 4 aromatic heterocycles. The smallest absolute Gasteiger partial charge is 0.261 e. The van der Waals surface area contributed by atoms with Crippen LogP contribution in [0, 0.1) is 11.8 Å². The zero-order valence-electron chi connectivity index (χ0n) is 60.8. The van der Waals surface area contributed by atoms with Crippen molar-refractivity contribution in [1.82, 2.24) is 14.8 Å². The Morgan fingerprint density at radius 2 is 0.898 bits per heavy atom. The molecule has 0 bridgehead atoms. The van der Waals surface area contributed by atoms with Gasteiger partial charge in [-0.05, 0) is 92.5 Å². The summed E-state index contributed by atoms with van der Waals surface area (Å²) in [5.74, 6) is 2.02. The Kier molecular flexibility index (Phi) is 34.8. The van der Waals surface area contributed by atoms with E-state index < -0.39 is 0 Å². The van der Waals surface area contributed by atoms with Gasteiger partial charge in [0.25, 0.3) is 11.8 Å². The van der Waals surface area contributed by atoms with Gasteiger partial charge in [-0.2, -0.15) is 0 Å². The minimum absolute atomic E-state index is 0.0486. The highest BCUT2D eigenvalue weighted by Crippen LogP contribution is 2.54. The number of unbranched alkanes of at least 4 members (excludes halogenated alkanes) is 32. The zero-order valence-corrected chi connectivity index (χ0v) is 67.4. The standard InChI is InChI=1S/C84H122N4O2S8/c1-5-9-13-17-21-25-27-31-35-39-45-63(43-37-33-29-23-19-15-11-7-3)61-87-79(75-59-85-81(97-75)73-55-53-71(95-73)69-51-49-67(93-69)65-47-41-57-91-65)77-78(83(87)89)80(76-60-86-82(98-76)74-56-54-72(96-74)70-52-50-68(94-70)66-48-42-58-92-66)88(84(77)90)62-64(44-38-34-30-24-20-16-12-8-4)46-40-36-32-28-26-22-18-14-10-6-2/h41,47-51,53,55-57,59,63-64,70,72,76H,5-40,42-46,52,54,58,60-62H2,1-4H3. The maximum Gasteiger partial charge on any atom is 0.261 e. The molecule has 2 amide bonds. The fraction of sp³-hybridized carbons (Fsp3) is 0.667. The highest BCUT2D eigenvalue weighted by molar-refractivity contribution is 8.19. The zero-order chi connectivity index (χ0) is 67.9. The monoisotopic (exact) mass is 1470 g/mol. The molecule has 0 aromatic carbocycles. The Hall–Kier alpha value is -2.56. The number of thiophene rings is 3.